The summed E-state index contributed by atoms with van der Waals surface area (Å²) in [4.78, 5) is 18.9. The molecule has 4 rings (SSSR count). The predicted octanol–water partition coefficient (Wildman–Crippen LogP) is 2.67. The van der Waals surface area contributed by atoms with E-state index in [-0.39, 0.29) is 30.2 Å². The van der Waals surface area contributed by atoms with Gasteiger partial charge in [-0.3, -0.25) is 14.7 Å². The van der Waals surface area contributed by atoms with Crippen molar-refractivity contribution in [3.63, 3.8) is 0 Å². The summed E-state index contributed by atoms with van der Waals surface area (Å²) in [7, 11) is 0. The number of aromatic nitrogens is 1. The van der Waals surface area contributed by atoms with Gasteiger partial charge in [-0.05, 0) is 49.9 Å². The molecule has 5 nitrogen and oxygen atoms in total. The van der Waals surface area contributed by atoms with Crippen LogP contribution in [0.4, 0.5) is 10.1 Å². The van der Waals surface area contributed by atoms with E-state index < -0.39 is 11.4 Å². The summed E-state index contributed by atoms with van der Waals surface area (Å²) in [6.07, 6.45) is 4.73. The third kappa shape index (κ3) is 3.22. The number of hydrogen-bond donors (Lipinski definition) is 2. The summed E-state index contributed by atoms with van der Waals surface area (Å²) >= 11 is 0. The van der Waals surface area contributed by atoms with Gasteiger partial charge in [0.2, 0.25) is 5.91 Å². The Hall–Kier alpha value is -2.31. The molecule has 2 N–H and O–H groups in total. The minimum Gasteiger partial charge on any atom is -0.383 e. The fourth-order valence-electron chi connectivity index (χ4n) is 4.34. The number of pyridine rings is 1. The molecule has 3 heterocycles. The Morgan fingerprint density at radius 2 is 1.88 bits per heavy atom. The molecule has 2 aromatic rings. The number of nitrogens with zero attached hydrogens (tertiary/aromatic N) is 2. The van der Waals surface area contributed by atoms with E-state index in [4.69, 9.17) is 0 Å². The van der Waals surface area contributed by atoms with E-state index in [1.807, 2.05) is 18.2 Å². The largest absolute Gasteiger partial charge is 0.383 e. The van der Waals surface area contributed by atoms with Crippen LogP contribution in [0.5, 0.6) is 0 Å². The Balaban J connectivity index is 1.44. The number of rotatable bonds is 4. The van der Waals surface area contributed by atoms with Gasteiger partial charge in [0, 0.05) is 18.3 Å². The first-order valence-electron chi connectivity index (χ1n) is 8.99. The SMILES string of the molecule is O=C(CN1C2CCC1CC(O)(c1ccccn1)C2)Nc1ccccc1F. The van der Waals surface area contributed by atoms with Crippen molar-refractivity contribution in [2.75, 3.05) is 11.9 Å². The van der Waals surface area contributed by atoms with Crippen LogP contribution >= 0.6 is 0 Å². The molecule has 2 aliphatic rings. The van der Waals surface area contributed by atoms with Crippen LogP contribution in [0.15, 0.2) is 48.7 Å². The van der Waals surface area contributed by atoms with Gasteiger partial charge >= 0.3 is 0 Å². The van der Waals surface area contributed by atoms with Crippen molar-refractivity contribution in [3.8, 4) is 0 Å². The summed E-state index contributed by atoms with van der Waals surface area (Å²) in [6.45, 7) is 0.210. The highest BCUT2D eigenvalue weighted by Crippen LogP contribution is 2.44. The van der Waals surface area contributed by atoms with E-state index >= 15 is 0 Å². The summed E-state index contributed by atoms with van der Waals surface area (Å²) in [5, 5.41) is 13.8. The van der Waals surface area contributed by atoms with Crippen LogP contribution in [0.3, 0.4) is 0 Å². The average Bonchev–Trinajstić information content (AvgIpc) is 2.88. The van der Waals surface area contributed by atoms with E-state index in [9.17, 15) is 14.3 Å². The average molecular weight is 355 g/mol. The number of halogens is 1. The molecule has 26 heavy (non-hydrogen) atoms. The number of amides is 1. The molecule has 1 aromatic carbocycles. The van der Waals surface area contributed by atoms with Gasteiger partial charge < -0.3 is 10.4 Å². The molecule has 0 aliphatic carbocycles. The van der Waals surface area contributed by atoms with E-state index in [1.54, 1.807) is 24.4 Å². The number of carbonyl (C=O) groups is 1. The maximum Gasteiger partial charge on any atom is 0.238 e. The van der Waals surface area contributed by atoms with E-state index in [0.717, 1.165) is 12.8 Å². The van der Waals surface area contributed by atoms with Crippen molar-refractivity contribution in [1.29, 1.82) is 0 Å². The molecule has 1 amide bonds. The minimum atomic E-state index is -0.939. The van der Waals surface area contributed by atoms with Crippen LogP contribution in [-0.2, 0) is 10.4 Å². The van der Waals surface area contributed by atoms with Crippen molar-refractivity contribution in [2.45, 2.75) is 43.4 Å². The Labute approximate surface area is 151 Å². The highest BCUT2D eigenvalue weighted by Gasteiger charge is 2.49. The molecule has 0 radical (unpaired) electrons. The predicted molar refractivity (Wildman–Crippen MR) is 95.9 cm³/mol. The van der Waals surface area contributed by atoms with Crippen molar-refractivity contribution in [3.05, 3.63) is 60.2 Å². The highest BCUT2D eigenvalue weighted by atomic mass is 19.1. The van der Waals surface area contributed by atoms with Crippen LogP contribution in [0.2, 0.25) is 0 Å². The summed E-state index contributed by atoms with van der Waals surface area (Å²) in [6, 6.07) is 12.0. The van der Waals surface area contributed by atoms with Gasteiger partial charge in [0.1, 0.15) is 11.4 Å². The number of para-hydroxylation sites is 1. The summed E-state index contributed by atoms with van der Waals surface area (Å²) < 4.78 is 13.7. The van der Waals surface area contributed by atoms with E-state index in [0.29, 0.717) is 18.5 Å². The van der Waals surface area contributed by atoms with Gasteiger partial charge in [-0.1, -0.05) is 18.2 Å². The third-order valence-corrected chi connectivity index (χ3v) is 5.53. The van der Waals surface area contributed by atoms with Crippen LogP contribution in [0.25, 0.3) is 0 Å². The van der Waals surface area contributed by atoms with Crippen LogP contribution in [0, 0.1) is 5.82 Å². The lowest BCUT2D eigenvalue weighted by molar-refractivity contribution is -0.121. The minimum absolute atomic E-state index is 0.132. The fourth-order valence-corrected chi connectivity index (χ4v) is 4.34. The highest BCUT2D eigenvalue weighted by molar-refractivity contribution is 5.92. The quantitative estimate of drug-likeness (QED) is 0.885. The molecule has 1 aromatic heterocycles. The maximum atomic E-state index is 13.7. The first-order valence-corrected chi connectivity index (χ1v) is 8.99. The summed E-state index contributed by atoms with van der Waals surface area (Å²) in [5.41, 5.74) is -0.0368. The van der Waals surface area contributed by atoms with Crippen molar-refractivity contribution in [2.24, 2.45) is 0 Å². The lowest BCUT2D eigenvalue weighted by Gasteiger charge is -2.43. The molecule has 6 heteroatoms. The number of carbonyl (C=O) groups excluding carboxylic acids is 1. The first kappa shape index (κ1) is 17.1. The molecular weight excluding hydrogens is 333 g/mol. The zero-order valence-corrected chi connectivity index (χ0v) is 14.4. The normalized spacial score (nSPS) is 28.1. The van der Waals surface area contributed by atoms with Gasteiger partial charge in [0.05, 0.1) is 17.9 Å². The number of benzene rings is 1. The molecule has 2 fully saturated rings. The molecule has 2 bridgehead atoms. The Kier molecular flexibility index (Phi) is 4.46. The van der Waals surface area contributed by atoms with Gasteiger partial charge in [0.15, 0.2) is 0 Å². The number of nitrogens with one attached hydrogen (secondary N) is 1. The van der Waals surface area contributed by atoms with E-state index in [1.165, 1.54) is 6.07 Å². The third-order valence-electron chi connectivity index (χ3n) is 5.53. The molecular formula is C20H22FN3O2. The fraction of sp³-hybridized carbons (Fsp3) is 0.400. The van der Waals surface area contributed by atoms with Crippen molar-refractivity contribution < 1.29 is 14.3 Å². The molecule has 0 spiro atoms. The first-order chi connectivity index (χ1) is 12.5. The lowest BCUT2D eigenvalue weighted by Crippen LogP contribution is -2.52. The zero-order chi connectivity index (χ0) is 18.1. The standard InChI is InChI=1S/C20H22FN3O2/c21-16-5-1-2-6-17(16)23-19(25)13-24-14-8-9-15(24)12-20(26,11-14)18-7-3-4-10-22-18/h1-7,10,14-15,26H,8-9,11-13H2,(H,23,25). The van der Waals surface area contributed by atoms with Gasteiger partial charge in [-0.15, -0.1) is 0 Å². The Bertz CT molecular complexity index is 785. The number of anilines is 1. The monoisotopic (exact) mass is 355 g/mol. The van der Waals surface area contributed by atoms with Crippen LogP contribution < -0.4 is 5.32 Å². The topological polar surface area (TPSA) is 65.5 Å². The molecule has 0 saturated carbocycles. The van der Waals surface area contributed by atoms with Gasteiger partial charge in [0.25, 0.3) is 0 Å². The second-order valence-corrected chi connectivity index (χ2v) is 7.24. The maximum absolute atomic E-state index is 13.7. The zero-order valence-electron chi connectivity index (χ0n) is 14.4. The van der Waals surface area contributed by atoms with Crippen molar-refractivity contribution in [1.82, 2.24) is 9.88 Å². The number of piperidine rings is 1. The van der Waals surface area contributed by atoms with Crippen molar-refractivity contribution >= 4 is 11.6 Å². The molecule has 2 atom stereocenters. The summed E-state index contributed by atoms with van der Waals surface area (Å²) in [5.74, 6) is -0.665. The van der Waals surface area contributed by atoms with Gasteiger partial charge in [-0.2, -0.15) is 0 Å². The smallest absolute Gasteiger partial charge is 0.238 e. The Morgan fingerprint density at radius 3 is 2.54 bits per heavy atom. The molecule has 2 unspecified atom stereocenters. The second kappa shape index (κ2) is 6.78. The van der Waals surface area contributed by atoms with Crippen LogP contribution in [-0.4, -0.2) is 39.5 Å². The molecule has 2 saturated heterocycles. The number of hydrogen-bond acceptors (Lipinski definition) is 4. The number of aliphatic hydroxyl groups is 1. The van der Waals surface area contributed by atoms with E-state index in [2.05, 4.69) is 15.2 Å². The van der Waals surface area contributed by atoms with Crippen LogP contribution in [0.1, 0.15) is 31.4 Å². The van der Waals surface area contributed by atoms with Gasteiger partial charge in [-0.25, -0.2) is 4.39 Å². The second-order valence-electron chi connectivity index (χ2n) is 7.24. The lowest BCUT2D eigenvalue weighted by atomic mass is 9.83. The molecule has 2 aliphatic heterocycles. The molecule has 136 valence electrons. The Morgan fingerprint density at radius 1 is 1.19 bits per heavy atom. The number of fused-ring (bicyclic) bond motifs is 2.